The van der Waals surface area contributed by atoms with Crippen molar-refractivity contribution >= 4 is 5.97 Å². The number of rotatable bonds is 6. The number of aromatic carboxylic acids is 1. The van der Waals surface area contributed by atoms with Crippen LogP contribution in [0.25, 0.3) is 0 Å². The van der Waals surface area contributed by atoms with Crippen LogP contribution in [0.2, 0.25) is 0 Å². The van der Waals surface area contributed by atoms with E-state index in [0.717, 1.165) is 29.7 Å². The molecule has 0 saturated heterocycles. The maximum atomic E-state index is 11.1. The second-order valence-electron chi connectivity index (χ2n) is 4.08. The molecule has 1 N–H and O–H groups in total. The van der Waals surface area contributed by atoms with Gasteiger partial charge in [-0.2, -0.15) is 0 Å². The van der Waals surface area contributed by atoms with Crippen LogP contribution in [0.5, 0.6) is 5.75 Å². The van der Waals surface area contributed by atoms with Crippen molar-refractivity contribution < 1.29 is 14.6 Å². The number of hydrogen-bond acceptors (Lipinski definition) is 2. The zero-order chi connectivity index (χ0) is 12.8. The number of carbonyl (C=O) groups is 1. The van der Waals surface area contributed by atoms with Crippen molar-refractivity contribution in [2.45, 2.75) is 40.0 Å². The van der Waals surface area contributed by atoms with Crippen LogP contribution in [0.15, 0.2) is 12.1 Å². The predicted molar refractivity (Wildman–Crippen MR) is 67.9 cm³/mol. The molecule has 0 atom stereocenters. The summed E-state index contributed by atoms with van der Waals surface area (Å²) in [5.41, 5.74) is 2.20. The zero-order valence-corrected chi connectivity index (χ0v) is 10.7. The van der Waals surface area contributed by atoms with Crippen LogP contribution in [0.4, 0.5) is 0 Å². The van der Waals surface area contributed by atoms with Crippen molar-refractivity contribution in [3.63, 3.8) is 0 Å². The molecule has 0 unspecified atom stereocenters. The molecule has 0 saturated carbocycles. The van der Waals surface area contributed by atoms with Gasteiger partial charge < -0.3 is 9.84 Å². The average Bonchev–Trinajstić information content (AvgIpc) is 2.30. The smallest absolute Gasteiger partial charge is 0.335 e. The van der Waals surface area contributed by atoms with Gasteiger partial charge in [0.2, 0.25) is 0 Å². The summed E-state index contributed by atoms with van der Waals surface area (Å²) < 4.78 is 5.66. The van der Waals surface area contributed by atoms with Gasteiger partial charge in [-0.1, -0.05) is 20.3 Å². The molecule has 17 heavy (non-hydrogen) atoms. The Bertz CT molecular complexity index is 397. The molecule has 0 aliphatic rings. The van der Waals surface area contributed by atoms with Gasteiger partial charge in [-0.25, -0.2) is 4.79 Å². The van der Waals surface area contributed by atoms with Gasteiger partial charge in [0.05, 0.1) is 12.2 Å². The maximum Gasteiger partial charge on any atom is 0.335 e. The standard InChI is InChI=1S/C14H20O3/c1-4-6-9-17-13-8-7-12(14(15)16)11(5-2)10(13)3/h7-8H,4-6,9H2,1-3H3,(H,15,16). The summed E-state index contributed by atoms with van der Waals surface area (Å²) in [5.74, 6) is -0.0645. The Morgan fingerprint density at radius 1 is 1.35 bits per heavy atom. The lowest BCUT2D eigenvalue weighted by atomic mass is 9.99. The van der Waals surface area contributed by atoms with E-state index >= 15 is 0 Å². The fourth-order valence-electron chi connectivity index (χ4n) is 1.87. The molecule has 0 heterocycles. The van der Waals surface area contributed by atoms with Gasteiger partial charge in [0, 0.05) is 0 Å². The Morgan fingerprint density at radius 3 is 2.59 bits per heavy atom. The van der Waals surface area contributed by atoms with E-state index in [2.05, 4.69) is 6.92 Å². The van der Waals surface area contributed by atoms with Crippen LogP contribution < -0.4 is 4.74 Å². The van der Waals surface area contributed by atoms with E-state index in [1.807, 2.05) is 13.8 Å². The lowest BCUT2D eigenvalue weighted by Crippen LogP contribution is -2.06. The topological polar surface area (TPSA) is 46.5 Å². The van der Waals surface area contributed by atoms with Gasteiger partial charge in [-0.3, -0.25) is 0 Å². The summed E-state index contributed by atoms with van der Waals surface area (Å²) in [7, 11) is 0. The van der Waals surface area contributed by atoms with Gasteiger partial charge in [0.1, 0.15) is 5.75 Å². The Kier molecular flexibility index (Phi) is 5.01. The molecule has 3 heteroatoms. The molecule has 0 spiro atoms. The van der Waals surface area contributed by atoms with Gasteiger partial charge in [-0.05, 0) is 43.0 Å². The van der Waals surface area contributed by atoms with Crippen LogP contribution in [0, 0.1) is 6.92 Å². The average molecular weight is 236 g/mol. The first-order valence-corrected chi connectivity index (χ1v) is 6.10. The fourth-order valence-corrected chi connectivity index (χ4v) is 1.87. The first kappa shape index (κ1) is 13.6. The molecule has 1 aromatic carbocycles. The second-order valence-corrected chi connectivity index (χ2v) is 4.08. The monoisotopic (exact) mass is 236 g/mol. The molecule has 3 nitrogen and oxygen atoms in total. The molecule has 1 rings (SSSR count). The van der Waals surface area contributed by atoms with Crippen LogP contribution in [0.3, 0.4) is 0 Å². The van der Waals surface area contributed by atoms with Gasteiger partial charge in [0.25, 0.3) is 0 Å². The third-order valence-electron chi connectivity index (χ3n) is 2.89. The highest BCUT2D eigenvalue weighted by molar-refractivity contribution is 5.90. The lowest BCUT2D eigenvalue weighted by Gasteiger charge is -2.14. The lowest BCUT2D eigenvalue weighted by molar-refractivity contribution is 0.0695. The number of carboxylic acids is 1. The van der Waals surface area contributed by atoms with Crippen molar-refractivity contribution in [2.24, 2.45) is 0 Å². The summed E-state index contributed by atoms with van der Waals surface area (Å²) >= 11 is 0. The summed E-state index contributed by atoms with van der Waals surface area (Å²) in [6.07, 6.45) is 2.81. The molecule has 0 aliphatic heterocycles. The molecule has 0 radical (unpaired) electrons. The Labute approximate surface area is 102 Å². The minimum Gasteiger partial charge on any atom is -0.493 e. The van der Waals surface area contributed by atoms with Crippen LogP contribution >= 0.6 is 0 Å². The molecule has 94 valence electrons. The SMILES string of the molecule is CCCCOc1ccc(C(=O)O)c(CC)c1C. The number of ether oxygens (including phenoxy) is 1. The maximum absolute atomic E-state index is 11.1. The van der Waals surface area contributed by atoms with E-state index in [9.17, 15) is 4.79 Å². The minimum absolute atomic E-state index is 0.382. The zero-order valence-electron chi connectivity index (χ0n) is 10.7. The van der Waals surface area contributed by atoms with E-state index in [4.69, 9.17) is 9.84 Å². The second kappa shape index (κ2) is 6.28. The van der Waals surface area contributed by atoms with Crippen molar-refractivity contribution in [2.75, 3.05) is 6.61 Å². The Balaban J connectivity index is 2.98. The number of unbranched alkanes of at least 4 members (excludes halogenated alkanes) is 1. The first-order valence-electron chi connectivity index (χ1n) is 6.10. The highest BCUT2D eigenvalue weighted by Gasteiger charge is 2.14. The molecular weight excluding hydrogens is 216 g/mol. The van der Waals surface area contributed by atoms with E-state index in [1.165, 1.54) is 0 Å². The molecule has 0 amide bonds. The molecule has 0 fully saturated rings. The largest absolute Gasteiger partial charge is 0.493 e. The van der Waals surface area contributed by atoms with E-state index in [1.54, 1.807) is 12.1 Å². The van der Waals surface area contributed by atoms with Gasteiger partial charge in [-0.15, -0.1) is 0 Å². The molecule has 0 aliphatic carbocycles. The minimum atomic E-state index is -0.870. The molecule has 1 aromatic rings. The summed E-state index contributed by atoms with van der Waals surface area (Å²) in [4.78, 5) is 11.1. The summed E-state index contributed by atoms with van der Waals surface area (Å²) in [6.45, 7) is 6.69. The van der Waals surface area contributed by atoms with Crippen molar-refractivity contribution in [3.8, 4) is 5.75 Å². The fraction of sp³-hybridized carbons (Fsp3) is 0.500. The van der Waals surface area contributed by atoms with Crippen molar-refractivity contribution in [3.05, 3.63) is 28.8 Å². The van der Waals surface area contributed by atoms with E-state index < -0.39 is 5.97 Å². The Hall–Kier alpha value is -1.51. The summed E-state index contributed by atoms with van der Waals surface area (Å²) in [5, 5.41) is 9.09. The third-order valence-corrected chi connectivity index (χ3v) is 2.89. The molecular formula is C14H20O3. The van der Waals surface area contributed by atoms with E-state index in [0.29, 0.717) is 18.6 Å². The van der Waals surface area contributed by atoms with Crippen molar-refractivity contribution in [1.82, 2.24) is 0 Å². The van der Waals surface area contributed by atoms with Gasteiger partial charge in [0.15, 0.2) is 0 Å². The number of benzene rings is 1. The normalized spacial score (nSPS) is 10.3. The molecule has 0 aromatic heterocycles. The highest BCUT2D eigenvalue weighted by atomic mass is 16.5. The number of carboxylic acid groups (broad SMARTS) is 1. The van der Waals surface area contributed by atoms with Crippen LogP contribution in [-0.4, -0.2) is 17.7 Å². The highest BCUT2D eigenvalue weighted by Crippen LogP contribution is 2.25. The quantitative estimate of drug-likeness (QED) is 0.770. The predicted octanol–water partition coefficient (Wildman–Crippen LogP) is 3.43. The summed E-state index contributed by atoms with van der Waals surface area (Å²) in [6, 6.07) is 3.39. The first-order chi connectivity index (χ1) is 8.11. The van der Waals surface area contributed by atoms with Crippen molar-refractivity contribution in [1.29, 1.82) is 0 Å². The van der Waals surface area contributed by atoms with Gasteiger partial charge >= 0.3 is 5.97 Å². The van der Waals surface area contributed by atoms with E-state index in [-0.39, 0.29) is 0 Å². The third kappa shape index (κ3) is 3.22. The van der Waals surface area contributed by atoms with Crippen LogP contribution in [0.1, 0.15) is 48.2 Å². The van der Waals surface area contributed by atoms with Crippen LogP contribution in [-0.2, 0) is 6.42 Å². The number of hydrogen-bond donors (Lipinski definition) is 1. The Morgan fingerprint density at radius 2 is 2.06 bits per heavy atom. The molecule has 0 bridgehead atoms.